The lowest BCUT2D eigenvalue weighted by molar-refractivity contribution is 0.102. The third kappa shape index (κ3) is 4.16. The maximum Gasteiger partial charge on any atom is 0.276 e. The smallest absolute Gasteiger partial charge is 0.276 e. The van der Waals surface area contributed by atoms with Crippen molar-refractivity contribution >= 4 is 45.5 Å². The van der Waals surface area contributed by atoms with Crippen LogP contribution in [0.5, 0.6) is 0 Å². The highest BCUT2D eigenvalue weighted by atomic mass is 35.5. The summed E-state index contributed by atoms with van der Waals surface area (Å²) < 4.78 is 0. The Morgan fingerprint density at radius 2 is 1.85 bits per heavy atom. The summed E-state index contributed by atoms with van der Waals surface area (Å²) in [5.74, 6) is 0.126. The van der Waals surface area contributed by atoms with Crippen LogP contribution in [0.1, 0.15) is 10.5 Å². The van der Waals surface area contributed by atoms with Crippen molar-refractivity contribution in [2.45, 2.75) is 0 Å². The van der Waals surface area contributed by atoms with Crippen LogP contribution in [-0.2, 0) is 0 Å². The number of halogens is 1. The molecule has 6 nitrogen and oxygen atoms in total. The molecule has 0 aliphatic rings. The molecule has 1 amide bonds. The molecule has 0 aliphatic carbocycles. The van der Waals surface area contributed by atoms with Crippen molar-refractivity contribution in [1.82, 2.24) is 15.2 Å². The number of hydrogen-bond acceptors (Lipinski definition) is 5. The van der Waals surface area contributed by atoms with Gasteiger partial charge < -0.3 is 10.6 Å². The fraction of sp³-hybridized carbons (Fsp3) is 0. The first kappa shape index (κ1) is 17.3. The lowest BCUT2D eigenvalue weighted by Crippen LogP contribution is -2.12. The first-order valence-electron chi connectivity index (χ1n) is 8.08. The maximum absolute atomic E-state index is 12.4. The SMILES string of the molecule is O=C(Nc1cc(-c2ccccc2)[nH]n1)c1csc(Nc2ccc(Cl)cc2)n1. The zero-order chi connectivity index (χ0) is 18.6. The van der Waals surface area contributed by atoms with E-state index in [0.29, 0.717) is 21.7 Å². The molecule has 4 aromatic rings. The van der Waals surface area contributed by atoms with E-state index in [0.717, 1.165) is 16.9 Å². The summed E-state index contributed by atoms with van der Waals surface area (Å²) in [6, 6.07) is 18.8. The highest BCUT2D eigenvalue weighted by Crippen LogP contribution is 2.23. The molecular weight excluding hydrogens is 382 g/mol. The Balaban J connectivity index is 1.42. The van der Waals surface area contributed by atoms with Crippen LogP contribution in [0.25, 0.3) is 11.3 Å². The van der Waals surface area contributed by atoms with Crippen molar-refractivity contribution in [3.63, 3.8) is 0 Å². The fourth-order valence-electron chi connectivity index (χ4n) is 2.42. The number of aromatic nitrogens is 3. The van der Waals surface area contributed by atoms with Gasteiger partial charge in [0.25, 0.3) is 5.91 Å². The lowest BCUT2D eigenvalue weighted by atomic mass is 10.2. The average molecular weight is 396 g/mol. The molecule has 2 heterocycles. The van der Waals surface area contributed by atoms with Gasteiger partial charge in [-0.1, -0.05) is 41.9 Å². The summed E-state index contributed by atoms with van der Waals surface area (Å²) in [6.07, 6.45) is 0. The first-order valence-corrected chi connectivity index (χ1v) is 9.33. The molecule has 0 spiro atoms. The average Bonchev–Trinajstić information content (AvgIpc) is 3.34. The van der Waals surface area contributed by atoms with Gasteiger partial charge in [0.2, 0.25) is 0 Å². The van der Waals surface area contributed by atoms with Crippen molar-refractivity contribution < 1.29 is 4.79 Å². The van der Waals surface area contributed by atoms with E-state index in [9.17, 15) is 4.79 Å². The molecule has 0 unspecified atom stereocenters. The number of carbonyl (C=O) groups excluding carboxylic acids is 1. The van der Waals surface area contributed by atoms with E-state index in [-0.39, 0.29) is 5.91 Å². The molecule has 27 heavy (non-hydrogen) atoms. The van der Waals surface area contributed by atoms with Gasteiger partial charge in [0.15, 0.2) is 10.9 Å². The Kier molecular flexibility index (Phi) is 4.86. The van der Waals surface area contributed by atoms with Crippen molar-refractivity contribution in [2.24, 2.45) is 0 Å². The van der Waals surface area contributed by atoms with Crippen LogP contribution in [0, 0.1) is 0 Å². The predicted molar refractivity (Wildman–Crippen MR) is 109 cm³/mol. The minimum absolute atomic E-state index is 0.318. The topological polar surface area (TPSA) is 82.7 Å². The molecule has 0 bridgehead atoms. The highest BCUT2D eigenvalue weighted by molar-refractivity contribution is 7.14. The second kappa shape index (κ2) is 7.61. The van der Waals surface area contributed by atoms with E-state index in [1.807, 2.05) is 42.5 Å². The van der Waals surface area contributed by atoms with Crippen molar-refractivity contribution in [1.29, 1.82) is 0 Å². The summed E-state index contributed by atoms with van der Waals surface area (Å²) in [5.41, 5.74) is 2.99. The number of carbonyl (C=O) groups is 1. The van der Waals surface area contributed by atoms with E-state index >= 15 is 0 Å². The van der Waals surface area contributed by atoms with E-state index < -0.39 is 0 Å². The Morgan fingerprint density at radius 3 is 2.63 bits per heavy atom. The molecule has 3 N–H and O–H groups in total. The quantitative estimate of drug-likeness (QED) is 0.434. The van der Waals surface area contributed by atoms with Crippen LogP contribution in [-0.4, -0.2) is 21.1 Å². The summed E-state index contributed by atoms with van der Waals surface area (Å²) in [7, 11) is 0. The van der Waals surface area contributed by atoms with Crippen LogP contribution >= 0.6 is 22.9 Å². The van der Waals surface area contributed by atoms with Gasteiger partial charge in [0.1, 0.15) is 5.69 Å². The van der Waals surface area contributed by atoms with Gasteiger partial charge in [-0.2, -0.15) is 5.10 Å². The number of benzene rings is 2. The Bertz CT molecular complexity index is 1060. The van der Waals surface area contributed by atoms with Crippen LogP contribution in [0.15, 0.2) is 66.0 Å². The molecule has 0 saturated heterocycles. The molecule has 0 radical (unpaired) electrons. The third-order valence-electron chi connectivity index (χ3n) is 3.74. The molecule has 4 rings (SSSR count). The zero-order valence-electron chi connectivity index (χ0n) is 13.9. The molecule has 2 aromatic heterocycles. The Labute approximate surface area is 164 Å². The summed E-state index contributed by atoms with van der Waals surface area (Å²) in [4.78, 5) is 16.7. The second-order valence-electron chi connectivity index (χ2n) is 5.66. The normalized spacial score (nSPS) is 10.6. The van der Waals surface area contributed by atoms with Crippen molar-refractivity contribution in [3.05, 3.63) is 76.8 Å². The minimum Gasteiger partial charge on any atom is -0.332 e. The van der Waals surface area contributed by atoms with E-state index in [1.165, 1.54) is 11.3 Å². The number of anilines is 3. The zero-order valence-corrected chi connectivity index (χ0v) is 15.5. The number of hydrogen-bond donors (Lipinski definition) is 3. The third-order valence-corrected chi connectivity index (χ3v) is 4.75. The molecule has 0 saturated carbocycles. The highest BCUT2D eigenvalue weighted by Gasteiger charge is 2.13. The Hall–Kier alpha value is -3.16. The molecular formula is C19H14ClN5OS. The van der Waals surface area contributed by atoms with E-state index in [4.69, 9.17) is 11.6 Å². The largest absolute Gasteiger partial charge is 0.332 e. The lowest BCUT2D eigenvalue weighted by Gasteiger charge is -2.02. The number of amides is 1. The van der Waals surface area contributed by atoms with Gasteiger partial charge in [-0.05, 0) is 29.8 Å². The van der Waals surface area contributed by atoms with Gasteiger partial charge in [-0.25, -0.2) is 4.98 Å². The molecule has 134 valence electrons. The second-order valence-corrected chi connectivity index (χ2v) is 6.95. The number of aromatic amines is 1. The molecule has 8 heteroatoms. The first-order chi connectivity index (χ1) is 13.2. The number of rotatable bonds is 5. The summed E-state index contributed by atoms with van der Waals surface area (Å²) >= 11 is 7.22. The summed E-state index contributed by atoms with van der Waals surface area (Å²) in [6.45, 7) is 0. The van der Waals surface area contributed by atoms with Crippen LogP contribution in [0.3, 0.4) is 0 Å². The van der Waals surface area contributed by atoms with Crippen LogP contribution in [0.2, 0.25) is 5.02 Å². The maximum atomic E-state index is 12.4. The van der Waals surface area contributed by atoms with E-state index in [1.54, 1.807) is 23.6 Å². The van der Waals surface area contributed by atoms with E-state index in [2.05, 4.69) is 25.8 Å². The molecule has 0 aliphatic heterocycles. The number of H-pyrrole nitrogens is 1. The minimum atomic E-state index is -0.318. The van der Waals surface area contributed by atoms with Gasteiger partial charge in [0.05, 0.1) is 5.69 Å². The van der Waals surface area contributed by atoms with Gasteiger partial charge >= 0.3 is 0 Å². The number of nitrogens with one attached hydrogen (secondary N) is 3. The van der Waals surface area contributed by atoms with Crippen LogP contribution < -0.4 is 10.6 Å². The Morgan fingerprint density at radius 1 is 1.07 bits per heavy atom. The van der Waals surface area contributed by atoms with Crippen molar-refractivity contribution in [3.8, 4) is 11.3 Å². The molecule has 0 fully saturated rings. The fourth-order valence-corrected chi connectivity index (χ4v) is 3.26. The monoisotopic (exact) mass is 395 g/mol. The van der Waals surface area contributed by atoms with Crippen LogP contribution in [0.4, 0.5) is 16.6 Å². The number of nitrogens with zero attached hydrogens (tertiary/aromatic N) is 2. The predicted octanol–water partition coefficient (Wildman–Crippen LogP) is 5.18. The standard InChI is InChI=1S/C19H14ClN5OS/c20-13-6-8-14(9-7-13)21-19-22-16(11-27-19)18(26)23-17-10-15(24-25-17)12-4-2-1-3-5-12/h1-11H,(H,21,22)(H2,23,24,25,26). The van der Waals surface area contributed by atoms with Gasteiger partial charge in [-0.3, -0.25) is 9.89 Å². The summed E-state index contributed by atoms with van der Waals surface area (Å²) in [5, 5.41) is 15.9. The van der Waals surface area contributed by atoms with Crippen molar-refractivity contribution in [2.75, 3.05) is 10.6 Å². The molecule has 0 atom stereocenters. The van der Waals surface area contributed by atoms with Gasteiger partial charge in [-0.15, -0.1) is 11.3 Å². The molecule has 2 aromatic carbocycles. The number of thiazole rings is 1. The van der Waals surface area contributed by atoms with Gasteiger partial charge in [0, 0.05) is 22.2 Å².